The Morgan fingerprint density at radius 3 is 2.87 bits per heavy atom. The Morgan fingerprint density at radius 2 is 2.20 bits per heavy atom. The van der Waals surface area contributed by atoms with Crippen molar-refractivity contribution in [2.45, 2.75) is 6.92 Å². The summed E-state index contributed by atoms with van der Waals surface area (Å²) in [7, 11) is 1.43. The van der Waals surface area contributed by atoms with Crippen LogP contribution in [0.15, 0.2) is 21.4 Å². The monoisotopic (exact) mass is 268 g/mol. The van der Waals surface area contributed by atoms with Gasteiger partial charge in [0.25, 0.3) is 5.88 Å². The summed E-state index contributed by atoms with van der Waals surface area (Å²) in [5.74, 6) is 0.0868. The van der Waals surface area contributed by atoms with E-state index in [0.29, 0.717) is 5.52 Å². The lowest BCUT2D eigenvalue weighted by Crippen LogP contribution is -2.11. The Balaban J connectivity index is 2.89. The molecular weight excluding hydrogens is 260 g/mol. The summed E-state index contributed by atoms with van der Waals surface area (Å²) in [5, 5.41) is 0. The first kappa shape index (κ1) is 10.2. The molecule has 0 aliphatic carbocycles. The van der Waals surface area contributed by atoms with Gasteiger partial charge in [0.1, 0.15) is 0 Å². The molecule has 0 radical (unpaired) electrons. The van der Waals surface area contributed by atoms with Gasteiger partial charge in [-0.1, -0.05) is 15.9 Å². The highest BCUT2D eigenvalue weighted by molar-refractivity contribution is 9.10. The van der Waals surface area contributed by atoms with Gasteiger partial charge in [0, 0.05) is 4.47 Å². The van der Waals surface area contributed by atoms with Crippen LogP contribution in [0, 0.1) is 6.92 Å². The van der Waals surface area contributed by atoms with Crippen LogP contribution in [0.4, 0.5) is 0 Å². The average molecular weight is 269 g/mol. The third-order valence-electron chi connectivity index (χ3n) is 2.21. The largest absolute Gasteiger partial charge is 0.477 e. The smallest absolute Gasteiger partial charge is 0.311 e. The Labute approximate surface area is 94.4 Å². The fourth-order valence-corrected chi connectivity index (χ4v) is 1.71. The van der Waals surface area contributed by atoms with Crippen molar-refractivity contribution in [3.63, 3.8) is 0 Å². The van der Waals surface area contributed by atoms with E-state index in [1.54, 1.807) is 6.07 Å². The SMILES string of the molecule is COc1nc2c(C)c(Br)ccc2[nH]c1=O. The van der Waals surface area contributed by atoms with Gasteiger partial charge >= 0.3 is 5.56 Å². The van der Waals surface area contributed by atoms with Gasteiger partial charge in [-0.15, -0.1) is 0 Å². The van der Waals surface area contributed by atoms with Crippen LogP contribution in [0.25, 0.3) is 11.0 Å². The number of ether oxygens (including phenoxy) is 1. The van der Waals surface area contributed by atoms with Crippen LogP contribution >= 0.6 is 15.9 Å². The Morgan fingerprint density at radius 1 is 1.47 bits per heavy atom. The molecule has 1 aromatic heterocycles. The van der Waals surface area contributed by atoms with Crippen LogP contribution in [-0.4, -0.2) is 17.1 Å². The summed E-state index contributed by atoms with van der Waals surface area (Å²) >= 11 is 3.41. The summed E-state index contributed by atoms with van der Waals surface area (Å²) in [5.41, 5.74) is 2.11. The molecule has 2 aromatic rings. The van der Waals surface area contributed by atoms with E-state index in [1.165, 1.54) is 7.11 Å². The molecule has 1 N–H and O–H groups in total. The van der Waals surface area contributed by atoms with Crippen LogP contribution < -0.4 is 10.3 Å². The highest BCUT2D eigenvalue weighted by atomic mass is 79.9. The number of aryl methyl sites for hydroxylation is 1. The molecule has 1 heterocycles. The number of benzene rings is 1. The number of methoxy groups -OCH3 is 1. The third kappa shape index (κ3) is 1.63. The molecule has 0 aliphatic heterocycles. The maximum Gasteiger partial charge on any atom is 0.311 e. The molecule has 78 valence electrons. The molecule has 0 amide bonds. The average Bonchev–Trinajstić information content (AvgIpc) is 2.23. The normalized spacial score (nSPS) is 10.6. The number of H-pyrrole nitrogens is 1. The number of nitrogens with zero attached hydrogens (tertiary/aromatic N) is 1. The molecule has 0 spiro atoms. The number of fused-ring (bicyclic) bond motifs is 1. The lowest BCUT2D eigenvalue weighted by molar-refractivity contribution is 0.393. The molecule has 0 aliphatic rings. The number of aromatic nitrogens is 2. The van der Waals surface area contributed by atoms with E-state index in [0.717, 1.165) is 15.6 Å². The van der Waals surface area contributed by atoms with Crippen LogP contribution in [0.1, 0.15) is 5.56 Å². The standard InChI is InChI=1S/C10H9BrN2O2/c1-5-6(11)3-4-7-8(5)13-10(15-2)9(14)12-7/h3-4H,1-2H3,(H,12,14). The zero-order valence-corrected chi connectivity index (χ0v) is 9.88. The summed E-state index contributed by atoms with van der Waals surface area (Å²) in [6.45, 7) is 1.93. The fraction of sp³-hybridized carbons (Fsp3) is 0.200. The number of rotatable bonds is 1. The molecule has 1 aromatic carbocycles. The first-order chi connectivity index (χ1) is 7.13. The second-order valence-electron chi connectivity index (χ2n) is 3.14. The van der Waals surface area contributed by atoms with Gasteiger partial charge in [-0.25, -0.2) is 4.98 Å². The van der Waals surface area contributed by atoms with E-state index >= 15 is 0 Å². The molecule has 0 atom stereocenters. The minimum absolute atomic E-state index is 0.0868. The number of nitrogens with one attached hydrogen (secondary N) is 1. The maximum absolute atomic E-state index is 11.4. The fourth-order valence-electron chi connectivity index (χ4n) is 1.39. The van der Waals surface area contributed by atoms with Crippen molar-refractivity contribution in [2.75, 3.05) is 7.11 Å². The molecule has 15 heavy (non-hydrogen) atoms. The lowest BCUT2D eigenvalue weighted by atomic mass is 10.2. The minimum Gasteiger partial charge on any atom is -0.477 e. The zero-order valence-electron chi connectivity index (χ0n) is 8.30. The van der Waals surface area contributed by atoms with Gasteiger partial charge in [0.2, 0.25) is 0 Å². The van der Waals surface area contributed by atoms with Crippen molar-refractivity contribution in [3.8, 4) is 5.88 Å². The second kappa shape index (κ2) is 3.66. The highest BCUT2D eigenvalue weighted by Gasteiger charge is 2.07. The molecule has 0 bridgehead atoms. The number of aromatic amines is 1. The molecule has 5 heteroatoms. The van der Waals surface area contributed by atoms with Crippen LogP contribution in [0.5, 0.6) is 5.88 Å². The number of hydrogen-bond acceptors (Lipinski definition) is 3. The van der Waals surface area contributed by atoms with E-state index in [-0.39, 0.29) is 11.4 Å². The molecule has 0 fully saturated rings. The maximum atomic E-state index is 11.4. The Hall–Kier alpha value is -1.36. The summed E-state index contributed by atoms with van der Waals surface area (Å²) in [4.78, 5) is 18.3. The van der Waals surface area contributed by atoms with Crippen molar-refractivity contribution in [2.24, 2.45) is 0 Å². The van der Waals surface area contributed by atoms with E-state index in [4.69, 9.17) is 4.74 Å². The van der Waals surface area contributed by atoms with E-state index < -0.39 is 0 Å². The molecule has 0 saturated heterocycles. The first-order valence-corrected chi connectivity index (χ1v) is 5.16. The van der Waals surface area contributed by atoms with Crippen molar-refractivity contribution in [3.05, 3.63) is 32.5 Å². The minimum atomic E-state index is -0.313. The van der Waals surface area contributed by atoms with Gasteiger partial charge in [0.15, 0.2) is 0 Å². The van der Waals surface area contributed by atoms with E-state index in [1.807, 2.05) is 13.0 Å². The van der Waals surface area contributed by atoms with E-state index in [2.05, 4.69) is 25.9 Å². The molecule has 2 rings (SSSR count). The second-order valence-corrected chi connectivity index (χ2v) is 4.00. The summed E-state index contributed by atoms with van der Waals surface area (Å²) < 4.78 is 5.83. The quantitative estimate of drug-likeness (QED) is 0.861. The number of hydrogen-bond donors (Lipinski definition) is 1. The molecule has 0 unspecified atom stereocenters. The summed E-state index contributed by atoms with van der Waals surface area (Å²) in [6.07, 6.45) is 0. The predicted octanol–water partition coefficient (Wildman–Crippen LogP) is 2.00. The van der Waals surface area contributed by atoms with Crippen molar-refractivity contribution >= 4 is 27.0 Å². The van der Waals surface area contributed by atoms with Gasteiger partial charge < -0.3 is 9.72 Å². The zero-order chi connectivity index (χ0) is 11.0. The van der Waals surface area contributed by atoms with Crippen LogP contribution in [0.3, 0.4) is 0 Å². The van der Waals surface area contributed by atoms with Gasteiger partial charge in [0.05, 0.1) is 18.1 Å². The van der Waals surface area contributed by atoms with Gasteiger partial charge in [-0.05, 0) is 24.6 Å². The van der Waals surface area contributed by atoms with Gasteiger partial charge in [-0.3, -0.25) is 4.79 Å². The van der Waals surface area contributed by atoms with Crippen molar-refractivity contribution in [1.82, 2.24) is 9.97 Å². The summed E-state index contributed by atoms with van der Waals surface area (Å²) in [6, 6.07) is 3.68. The van der Waals surface area contributed by atoms with Crippen LogP contribution in [0.2, 0.25) is 0 Å². The number of halogens is 1. The Bertz CT molecular complexity index is 577. The molecular formula is C10H9BrN2O2. The highest BCUT2D eigenvalue weighted by Crippen LogP contribution is 2.23. The molecule has 0 saturated carbocycles. The van der Waals surface area contributed by atoms with Crippen LogP contribution in [-0.2, 0) is 0 Å². The predicted molar refractivity (Wildman–Crippen MR) is 61.4 cm³/mol. The first-order valence-electron chi connectivity index (χ1n) is 4.36. The lowest BCUT2D eigenvalue weighted by Gasteiger charge is -2.04. The van der Waals surface area contributed by atoms with E-state index in [9.17, 15) is 4.79 Å². The van der Waals surface area contributed by atoms with Crippen molar-refractivity contribution < 1.29 is 4.74 Å². The van der Waals surface area contributed by atoms with Gasteiger partial charge in [-0.2, -0.15) is 0 Å². The Kier molecular flexibility index (Phi) is 2.48. The topological polar surface area (TPSA) is 55.0 Å². The third-order valence-corrected chi connectivity index (χ3v) is 3.07. The molecule has 4 nitrogen and oxygen atoms in total. The van der Waals surface area contributed by atoms with Crippen molar-refractivity contribution in [1.29, 1.82) is 0 Å².